The van der Waals surface area contributed by atoms with E-state index < -0.39 is 40.6 Å². The number of nitro benzene ring substituents is 1. The smallest absolute Gasteiger partial charge is 0.410 e. The van der Waals surface area contributed by atoms with Crippen molar-refractivity contribution in [1.82, 2.24) is 10.2 Å². The summed E-state index contributed by atoms with van der Waals surface area (Å²) in [6.45, 7) is 5.16. The van der Waals surface area contributed by atoms with E-state index in [1.165, 1.54) is 37.3 Å². The largest absolute Gasteiger partial charge is 0.467 e. The minimum Gasteiger partial charge on any atom is -0.467 e. The maximum Gasteiger partial charge on any atom is 0.410 e. The molecule has 36 heavy (non-hydrogen) atoms. The summed E-state index contributed by atoms with van der Waals surface area (Å²) in [5.74, 6) is -0.946. The summed E-state index contributed by atoms with van der Waals surface area (Å²) >= 11 is 0. The van der Waals surface area contributed by atoms with Crippen molar-refractivity contribution in [3.05, 3.63) is 63.7 Å². The van der Waals surface area contributed by atoms with E-state index in [9.17, 15) is 24.5 Å². The predicted octanol–water partition coefficient (Wildman–Crippen LogP) is 3.38. The van der Waals surface area contributed by atoms with Crippen LogP contribution >= 0.6 is 0 Å². The molecule has 0 radical (unpaired) electrons. The highest BCUT2D eigenvalue weighted by Crippen LogP contribution is 2.33. The number of carbonyl (C=O) groups is 3. The molecule has 1 N–H and O–H groups in total. The number of ether oxygens (including phenoxy) is 3. The molecule has 2 aliphatic heterocycles. The highest BCUT2D eigenvalue weighted by molar-refractivity contribution is 5.90. The van der Waals surface area contributed by atoms with Crippen LogP contribution in [0.4, 0.5) is 10.5 Å². The molecule has 2 aromatic carbocycles. The molecule has 2 atom stereocenters. The normalized spacial score (nSPS) is 17.8. The number of likely N-dealkylation sites (N-methyl/N-ethyl adjacent to an activating group) is 1. The van der Waals surface area contributed by atoms with Gasteiger partial charge in [0.25, 0.3) is 0 Å². The average Bonchev–Trinajstić information content (AvgIpc) is 2.80. The number of nitro groups is 1. The van der Waals surface area contributed by atoms with Crippen molar-refractivity contribution in [3.8, 4) is 11.5 Å². The zero-order valence-electron chi connectivity index (χ0n) is 20.8. The third-order valence-corrected chi connectivity index (χ3v) is 5.49. The Morgan fingerprint density at radius 2 is 1.75 bits per heavy atom. The van der Waals surface area contributed by atoms with Gasteiger partial charge in [-0.25, -0.2) is 9.59 Å². The molecule has 0 aromatic heterocycles. The van der Waals surface area contributed by atoms with Crippen LogP contribution in [0.2, 0.25) is 0 Å². The Hall–Kier alpha value is -4.15. The molecule has 2 heterocycles. The van der Waals surface area contributed by atoms with Crippen molar-refractivity contribution in [1.29, 1.82) is 0 Å². The number of esters is 1. The molecule has 11 heteroatoms. The van der Waals surface area contributed by atoms with E-state index in [2.05, 4.69) is 5.32 Å². The first-order valence-corrected chi connectivity index (χ1v) is 11.3. The van der Waals surface area contributed by atoms with Gasteiger partial charge in [0.2, 0.25) is 11.7 Å². The number of nitrogens with zero attached hydrogens (tertiary/aromatic N) is 2. The van der Waals surface area contributed by atoms with Gasteiger partial charge in [-0.1, -0.05) is 18.2 Å². The van der Waals surface area contributed by atoms with E-state index in [4.69, 9.17) is 14.2 Å². The second kappa shape index (κ2) is 10.6. The lowest BCUT2D eigenvalue weighted by Crippen LogP contribution is -2.54. The number of hydrogen-bond acceptors (Lipinski definition) is 8. The van der Waals surface area contributed by atoms with Crippen molar-refractivity contribution >= 4 is 23.7 Å². The minimum atomic E-state index is -1.12. The first-order valence-electron chi connectivity index (χ1n) is 11.3. The second-order valence-corrected chi connectivity index (χ2v) is 9.40. The number of carbonyl (C=O) groups excluding carboxylic acids is 3. The first kappa shape index (κ1) is 26.5. The van der Waals surface area contributed by atoms with E-state index >= 15 is 0 Å². The number of amides is 2. The van der Waals surface area contributed by atoms with Crippen LogP contribution in [-0.4, -0.2) is 59.6 Å². The molecule has 2 amide bonds. The summed E-state index contributed by atoms with van der Waals surface area (Å²) in [4.78, 5) is 50.9. The van der Waals surface area contributed by atoms with E-state index in [1.807, 2.05) is 0 Å². The fourth-order valence-electron chi connectivity index (χ4n) is 3.67. The second-order valence-electron chi connectivity index (χ2n) is 9.40. The molecular formula is C25H29N3O8. The molecule has 0 fully saturated rings. The quantitative estimate of drug-likeness (QED) is 0.385. The molecular weight excluding hydrogens is 470 g/mol. The first-order chi connectivity index (χ1) is 16.9. The molecule has 0 saturated carbocycles. The van der Waals surface area contributed by atoms with Crippen LogP contribution < -0.4 is 10.1 Å². The topological polar surface area (TPSA) is 137 Å². The summed E-state index contributed by atoms with van der Waals surface area (Å²) in [6.07, 6.45) is -0.604. The Morgan fingerprint density at radius 1 is 1.11 bits per heavy atom. The van der Waals surface area contributed by atoms with Crippen LogP contribution in [0, 0.1) is 10.1 Å². The maximum absolute atomic E-state index is 13.4. The van der Waals surface area contributed by atoms with Crippen LogP contribution in [0.1, 0.15) is 31.9 Å². The summed E-state index contributed by atoms with van der Waals surface area (Å²) in [5.41, 5.74) is 0.169. The van der Waals surface area contributed by atoms with Gasteiger partial charge in [-0.05, 0) is 50.1 Å². The van der Waals surface area contributed by atoms with Gasteiger partial charge in [-0.15, -0.1) is 0 Å². The Morgan fingerprint density at radius 3 is 2.33 bits per heavy atom. The van der Waals surface area contributed by atoms with Crippen LogP contribution in [-0.2, 0) is 31.9 Å². The third kappa shape index (κ3) is 6.49. The number of benzene rings is 2. The van der Waals surface area contributed by atoms with Crippen molar-refractivity contribution in [2.24, 2.45) is 0 Å². The lowest BCUT2D eigenvalue weighted by molar-refractivity contribution is -0.385. The van der Waals surface area contributed by atoms with Gasteiger partial charge in [0, 0.05) is 26.0 Å². The molecule has 2 aromatic rings. The van der Waals surface area contributed by atoms with Gasteiger partial charge in [-0.2, -0.15) is 0 Å². The zero-order valence-corrected chi connectivity index (χ0v) is 20.8. The van der Waals surface area contributed by atoms with Gasteiger partial charge >= 0.3 is 17.7 Å². The Bertz CT molecular complexity index is 1160. The molecule has 4 bridgehead atoms. The maximum atomic E-state index is 13.4. The number of rotatable bonds is 3. The summed E-state index contributed by atoms with van der Waals surface area (Å²) in [5, 5.41) is 14.2. The fraction of sp³-hybridized carbons (Fsp3) is 0.400. The van der Waals surface area contributed by atoms with E-state index in [0.29, 0.717) is 16.9 Å². The molecule has 192 valence electrons. The van der Waals surface area contributed by atoms with Gasteiger partial charge in [-0.3, -0.25) is 19.8 Å². The third-order valence-electron chi connectivity index (χ3n) is 5.49. The number of nitrogens with one attached hydrogen (secondary N) is 1. The zero-order chi connectivity index (χ0) is 26.6. The lowest BCUT2D eigenvalue weighted by atomic mass is 10.0. The fourth-order valence-corrected chi connectivity index (χ4v) is 3.67. The minimum absolute atomic E-state index is 0.000197. The van der Waals surface area contributed by atoms with Gasteiger partial charge in [0.1, 0.15) is 23.4 Å². The molecule has 11 nitrogen and oxygen atoms in total. The molecule has 0 unspecified atom stereocenters. The average molecular weight is 500 g/mol. The van der Waals surface area contributed by atoms with Crippen LogP contribution in [0.15, 0.2) is 42.5 Å². The summed E-state index contributed by atoms with van der Waals surface area (Å²) in [7, 11) is 2.64. The monoisotopic (exact) mass is 499 g/mol. The van der Waals surface area contributed by atoms with Gasteiger partial charge in [0.15, 0.2) is 0 Å². The van der Waals surface area contributed by atoms with E-state index in [-0.39, 0.29) is 24.3 Å². The Balaban J connectivity index is 2.05. The number of fused-ring (bicyclic) bond motifs is 7. The number of methoxy groups -OCH3 is 1. The van der Waals surface area contributed by atoms with Crippen molar-refractivity contribution in [3.63, 3.8) is 0 Å². The van der Waals surface area contributed by atoms with E-state index in [1.54, 1.807) is 45.0 Å². The Labute approximate surface area is 208 Å². The van der Waals surface area contributed by atoms with Gasteiger partial charge in [0.05, 0.1) is 12.0 Å². The summed E-state index contributed by atoms with van der Waals surface area (Å²) < 4.78 is 16.1. The Kier molecular flexibility index (Phi) is 7.81. The van der Waals surface area contributed by atoms with Crippen molar-refractivity contribution in [2.75, 3.05) is 14.2 Å². The molecule has 0 saturated heterocycles. The van der Waals surface area contributed by atoms with Gasteiger partial charge < -0.3 is 19.5 Å². The standard InChI is InChI=1S/C25H29N3O8/c1-25(2,3)36-24(31)27(4)20-13-15-6-9-17(10-7-15)35-21-14-16(8-11-19(21)28(32)33)12-18(23(30)34-5)26-22(20)29/h6-11,14,18,20H,12-13H2,1-5H3,(H,26,29)/t18-,20-/m0/s1. The van der Waals surface area contributed by atoms with Crippen LogP contribution in [0.5, 0.6) is 11.5 Å². The highest BCUT2D eigenvalue weighted by atomic mass is 16.6. The lowest BCUT2D eigenvalue weighted by Gasteiger charge is -2.31. The van der Waals surface area contributed by atoms with Crippen molar-refractivity contribution < 1.29 is 33.5 Å². The highest BCUT2D eigenvalue weighted by Gasteiger charge is 2.34. The van der Waals surface area contributed by atoms with E-state index in [0.717, 1.165) is 0 Å². The molecule has 0 aliphatic carbocycles. The molecule has 0 spiro atoms. The van der Waals surface area contributed by atoms with Crippen LogP contribution in [0.25, 0.3) is 0 Å². The SMILES string of the molecule is COC(=O)[C@@H]1Cc2ccc([N+](=O)[O-])c(c2)Oc2ccc(cc2)C[C@H](N(C)C(=O)OC(C)(C)C)C(=O)N1. The molecule has 2 aliphatic rings. The van der Waals surface area contributed by atoms with Crippen molar-refractivity contribution in [2.45, 2.75) is 51.3 Å². The van der Waals surface area contributed by atoms with Crippen LogP contribution in [0.3, 0.4) is 0 Å². The predicted molar refractivity (Wildman–Crippen MR) is 129 cm³/mol. The molecule has 4 rings (SSSR count). The number of hydrogen-bond donors (Lipinski definition) is 1. The summed E-state index contributed by atoms with van der Waals surface area (Å²) in [6, 6.07) is 8.71.